The van der Waals surface area contributed by atoms with Crippen LogP contribution in [0.3, 0.4) is 0 Å². The second-order valence-electron chi connectivity index (χ2n) is 6.44. The molecule has 26 heavy (non-hydrogen) atoms. The number of carbonyl (C=O) groups is 2. The number of amides is 2. The minimum Gasteiger partial charge on any atom is -0.497 e. The number of hydrogen-bond acceptors (Lipinski definition) is 3. The maximum absolute atomic E-state index is 12.5. The molecule has 0 spiro atoms. The number of nitrogens with one attached hydrogen (secondary N) is 2. The van der Waals surface area contributed by atoms with E-state index >= 15 is 0 Å². The van der Waals surface area contributed by atoms with E-state index in [1.165, 1.54) is 0 Å². The van der Waals surface area contributed by atoms with E-state index in [0.717, 1.165) is 11.3 Å². The van der Waals surface area contributed by atoms with Crippen LogP contribution in [-0.4, -0.2) is 25.5 Å². The number of halogens is 1. The smallest absolute Gasteiger partial charge is 0.239 e. The number of rotatable bonds is 7. The standard InChI is InChI=1S/C20H23ClN2O3/c1-20(2,19(25)23-16-9-7-15(21)8-10-16)18(24)22-12-11-14-5-4-6-17(13-14)26-3/h4-10,13H,11-12H2,1-3H3,(H,22,24)(H,23,25). The van der Waals surface area contributed by atoms with E-state index in [-0.39, 0.29) is 11.8 Å². The summed E-state index contributed by atoms with van der Waals surface area (Å²) in [6.07, 6.45) is 0.651. The molecule has 0 aliphatic rings. The number of methoxy groups -OCH3 is 1. The van der Waals surface area contributed by atoms with Crippen LogP contribution in [0.2, 0.25) is 5.02 Å². The zero-order valence-electron chi connectivity index (χ0n) is 15.1. The van der Waals surface area contributed by atoms with Crippen LogP contribution in [0, 0.1) is 5.41 Å². The maximum atomic E-state index is 12.5. The van der Waals surface area contributed by atoms with Crippen LogP contribution in [0.1, 0.15) is 19.4 Å². The van der Waals surface area contributed by atoms with Crippen LogP contribution >= 0.6 is 11.6 Å². The van der Waals surface area contributed by atoms with Gasteiger partial charge in [0.05, 0.1) is 7.11 Å². The lowest BCUT2D eigenvalue weighted by Gasteiger charge is -2.22. The Kier molecular flexibility index (Phi) is 6.64. The molecule has 0 saturated heterocycles. The monoisotopic (exact) mass is 374 g/mol. The third kappa shape index (κ3) is 5.23. The molecule has 2 aromatic rings. The van der Waals surface area contributed by atoms with E-state index in [0.29, 0.717) is 23.7 Å². The summed E-state index contributed by atoms with van der Waals surface area (Å²) >= 11 is 5.83. The molecule has 0 aromatic heterocycles. The molecule has 5 nitrogen and oxygen atoms in total. The predicted octanol–water partition coefficient (Wildman–Crippen LogP) is 3.67. The van der Waals surface area contributed by atoms with Crippen molar-refractivity contribution >= 4 is 29.1 Å². The molecule has 0 aliphatic heterocycles. The SMILES string of the molecule is COc1cccc(CCNC(=O)C(C)(C)C(=O)Nc2ccc(Cl)cc2)c1. The van der Waals surface area contributed by atoms with Crippen LogP contribution < -0.4 is 15.4 Å². The largest absolute Gasteiger partial charge is 0.497 e. The highest BCUT2D eigenvalue weighted by atomic mass is 35.5. The van der Waals surface area contributed by atoms with Gasteiger partial charge in [0.15, 0.2) is 0 Å². The third-order valence-electron chi connectivity index (χ3n) is 4.07. The molecule has 0 bridgehead atoms. The van der Waals surface area contributed by atoms with Crippen molar-refractivity contribution in [2.75, 3.05) is 19.0 Å². The highest BCUT2D eigenvalue weighted by molar-refractivity contribution is 6.30. The van der Waals surface area contributed by atoms with Crippen LogP contribution in [0.4, 0.5) is 5.69 Å². The van der Waals surface area contributed by atoms with E-state index in [2.05, 4.69) is 10.6 Å². The molecule has 6 heteroatoms. The Bertz CT molecular complexity index is 773. The summed E-state index contributed by atoms with van der Waals surface area (Å²) in [4.78, 5) is 24.9. The van der Waals surface area contributed by atoms with Gasteiger partial charge in [-0.05, 0) is 62.2 Å². The van der Waals surface area contributed by atoms with Crippen LogP contribution in [-0.2, 0) is 16.0 Å². The fourth-order valence-corrected chi connectivity index (χ4v) is 2.42. The average molecular weight is 375 g/mol. The molecule has 2 N–H and O–H groups in total. The van der Waals surface area contributed by atoms with Crippen LogP contribution in [0.5, 0.6) is 5.75 Å². The first-order chi connectivity index (χ1) is 12.3. The lowest BCUT2D eigenvalue weighted by Crippen LogP contribution is -2.45. The zero-order valence-corrected chi connectivity index (χ0v) is 15.9. The van der Waals surface area contributed by atoms with E-state index in [4.69, 9.17) is 16.3 Å². The molecule has 0 radical (unpaired) electrons. The molecule has 0 aliphatic carbocycles. The predicted molar refractivity (Wildman–Crippen MR) is 104 cm³/mol. The van der Waals surface area contributed by atoms with Gasteiger partial charge in [-0.3, -0.25) is 9.59 Å². The van der Waals surface area contributed by atoms with E-state index in [1.54, 1.807) is 45.2 Å². The number of carbonyl (C=O) groups excluding carboxylic acids is 2. The second-order valence-corrected chi connectivity index (χ2v) is 6.88. The highest BCUT2D eigenvalue weighted by Crippen LogP contribution is 2.20. The third-order valence-corrected chi connectivity index (χ3v) is 4.32. The minimum absolute atomic E-state index is 0.327. The molecule has 0 atom stereocenters. The Morgan fingerprint density at radius 1 is 1.08 bits per heavy atom. The van der Waals surface area contributed by atoms with Gasteiger partial charge in [-0.25, -0.2) is 0 Å². The van der Waals surface area contributed by atoms with E-state index < -0.39 is 5.41 Å². The van der Waals surface area contributed by atoms with Gasteiger partial charge >= 0.3 is 0 Å². The summed E-state index contributed by atoms with van der Waals surface area (Å²) in [7, 11) is 1.61. The first-order valence-corrected chi connectivity index (χ1v) is 8.69. The number of hydrogen-bond donors (Lipinski definition) is 2. The lowest BCUT2D eigenvalue weighted by atomic mass is 9.91. The zero-order chi connectivity index (χ0) is 19.2. The van der Waals surface area contributed by atoms with Crippen LogP contribution in [0.25, 0.3) is 0 Å². The van der Waals surface area contributed by atoms with Crippen molar-refractivity contribution in [3.8, 4) is 5.75 Å². The molecule has 0 heterocycles. The molecule has 2 rings (SSSR count). The highest BCUT2D eigenvalue weighted by Gasteiger charge is 2.35. The quantitative estimate of drug-likeness (QED) is 0.726. The van der Waals surface area contributed by atoms with Crippen molar-refractivity contribution in [2.45, 2.75) is 20.3 Å². The Morgan fingerprint density at radius 3 is 2.42 bits per heavy atom. The van der Waals surface area contributed by atoms with Crippen LogP contribution in [0.15, 0.2) is 48.5 Å². The minimum atomic E-state index is -1.20. The topological polar surface area (TPSA) is 67.4 Å². The summed E-state index contributed by atoms with van der Waals surface area (Å²) in [5, 5.41) is 6.14. The Morgan fingerprint density at radius 2 is 1.77 bits per heavy atom. The molecule has 0 saturated carbocycles. The summed E-state index contributed by atoms with van der Waals surface area (Å²) in [6, 6.07) is 14.4. The maximum Gasteiger partial charge on any atom is 0.239 e. The molecular formula is C20H23ClN2O3. The van der Waals surface area contributed by atoms with Gasteiger partial charge in [0.25, 0.3) is 0 Å². The summed E-state index contributed by atoms with van der Waals surface area (Å²) < 4.78 is 5.18. The van der Waals surface area contributed by atoms with Gasteiger partial charge in [0.1, 0.15) is 11.2 Å². The van der Waals surface area contributed by atoms with Gasteiger partial charge in [-0.2, -0.15) is 0 Å². The molecule has 2 amide bonds. The molecule has 0 fully saturated rings. The fraction of sp³-hybridized carbons (Fsp3) is 0.300. The summed E-state index contributed by atoms with van der Waals surface area (Å²) in [6.45, 7) is 3.63. The van der Waals surface area contributed by atoms with Gasteiger partial charge in [0, 0.05) is 17.3 Å². The number of ether oxygens (including phenoxy) is 1. The lowest BCUT2D eigenvalue weighted by molar-refractivity contribution is -0.138. The molecule has 138 valence electrons. The summed E-state index contributed by atoms with van der Waals surface area (Å²) in [5.41, 5.74) is 0.443. The van der Waals surface area contributed by atoms with Gasteiger partial charge in [-0.1, -0.05) is 23.7 Å². The van der Waals surface area contributed by atoms with Crippen molar-refractivity contribution < 1.29 is 14.3 Å². The van der Waals surface area contributed by atoms with Crippen molar-refractivity contribution in [2.24, 2.45) is 5.41 Å². The Balaban J connectivity index is 1.89. The van der Waals surface area contributed by atoms with Gasteiger partial charge in [0.2, 0.25) is 11.8 Å². The Hall–Kier alpha value is -2.53. The number of anilines is 1. The van der Waals surface area contributed by atoms with Crippen molar-refractivity contribution in [1.29, 1.82) is 0 Å². The van der Waals surface area contributed by atoms with E-state index in [1.807, 2.05) is 24.3 Å². The van der Waals surface area contributed by atoms with Crippen molar-refractivity contribution in [1.82, 2.24) is 5.32 Å². The van der Waals surface area contributed by atoms with Crippen molar-refractivity contribution in [3.05, 3.63) is 59.1 Å². The second kappa shape index (κ2) is 8.72. The molecular weight excluding hydrogens is 352 g/mol. The van der Waals surface area contributed by atoms with Gasteiger partial charge in [-0.15, -0.1) is 0 Å². The number of benzene rings is 2. The fourth-order valence-electron chi connectivity index (χ4n) is 2.29. The first-order valence-electron chi connectivity index (χ1n) is 8.31. The Labute approximate surface area is 158 Å². The van der Waals surface area contributed by atoms with Gasteiger partial charge < -0.3 is 15.4 Å². The van der Waals surface area contributed by atoms with E-state index in [9.17, 15) is 9.59 Å². The summed E-state index contributed by atoms with van der Waals surface area (Å²) in [5.74, 6) is 0.0714. The molecule has 2 aromatic carbocycles. The molecule has 0 unspecified atom stereocenters. The average Bonchev–Trinajstić information content (AvgIpc) is 2.63. The first kappa shape index (κ1) is 19.8. The normalized spacial score (nSPS) is 10.9. The van der Waals surface area contributed by atoms with Crippen molar-refractivity contribution in [3.63, 3.8) is 0 Å².